The van der Waals surface area contributed by atoms with Crippen LogP contribution in [0.1, 0.15) is 52.7 Å². The molecule has 0 unspecified atom stereocenters. The fraction of sp³-hybridized carbons (Fsp3) is 0.400. The lowest BCUT2D eigenvalue weighted by atomic mass is 10.2. The lowest BCUT2D eigenvalue weighted by Gasteiger charge is -2.38. The van der Waals surface area contributed by atoms with E-state index in [0.29, 0.717) is 27.8 Å². The summed E-state index contributed by atoms with van der Waals surface area (Å²) in [5.74, 6) is 3.45. The second-order valence-electron chi connectivity index (χ2n) is 9.13. The molecule has 0 aliphatic rings. The van der Waals surface area contributed by atoms with Crippen LogP contribution in [-0.4, -0.2) is 25.4 Å². The number of pyridine rings is 1. The Balaban J connectivity index is 2.18. The van der Waals surface area contributed by atoms with Crippen molar-refractivity contribution in [3.63, 3.8) is 0 Å². The first-order valence-electron chi connectivity index (χ1n) is 10.8. The molecule has 164 valence electrons. The Bertz CT molecular complexity index is 1240. The zero-order chi connectivity index (χ0) is 23.0. The first-order valence-corrected chi connectivity index (χ1v) is 14.5. The Morgan fingerprint density at radius 3 is 2.13 bits per heavy atom. The number of benzene rings is 1. The summed E-state index contributed by atoms with van der Waals surface area (Å²) in [7, 11) is -5.63. The molecule has 0 saturated heterocycles. The predicted octanol–water partition coefficient (Wildman–Crippen LogP) is 6.15. The van der Waals surface area contributed by atoms with Gasteiger partial charge in [-0.05, 0) is 47.3 Å². The number of aromatic nitrogens is 2. The predicted molar refractivity (Wildman–Crippen MR) is 131 cm³/mol. The van der Waals surface area contributed by atoms with Crippen molar-refractivity contribution < 1.29 is 8.42 Å². The van der Waals surface area contributed by atoms with Gasteiger partial charge in [0, 0.05) is 23.3 Å². The minimum atomic E-state index is -3.74. The number of rotatable bonds is 5. The Morgan fingerprint density at radius 2 is 1.55 bits per heavy atom. The van der Waals surface area contributed by atoms with Crippen LogP contribution in [0.2, 0.25) is 16.6 Å². The van der Waals surface area contributed by atoms with Gasteiger partial charge in [-0.2, -0.15) is 0 Å². The molecule has 0 aliphatic heterocycles. The molecule has 2 aromatic heterocycles. The Hall–Kier alpha value is -2.36. The number of aryl methyl sites for hydroxylation is 1. The SMILES string of the molecule is Cc1ccccc1S(=O)(=O)n1ccc2c(C#C[Si](C(C)C)(C(C)C)C(C)C)ccnc21. The van der Waals surface area contributed by atoms with Crippen molar-refractivity contribution >= 4 is 29.1 Å². The highest BCUT2D eigenvalue weighted by molar-refractivity contribution is 7.90. The van der Waals surface area contributed by atoms with Gasteiger partial charge in [0.2, 0.25) is 0 Å². The standard InChI is InChI=1S/C25H32N2O2SSi/c1-18(2)31(19(3)4,20(5)6)17-14-22-12-15-26-25-23(22)13-16-27(25)30(28,29)24-11-9-8-10-21(24)7/h8-13,15-16,18-20H,1-7H3. The van der Waals surface area contributed by atoms with Crippen LogP contribution in [-0.2, 0) is 10.0 Å². The van der Waals surface area contributed by atoms with Gasteiger partial charge in [0.25, 0.3) is 10.0 Å². The highest BCUT2D eigenvalue weighted by Crippen LogP contribution is 2.41. The minimum absolute atomic E-state index is 0.289. The Labute approximate surface area is 187 Å². The maximum Gasteiger partial charge on any atom is 0.269 e. The van der Waals surface area contributed by atoms with Crippen LogP contribution in [0.15, 0.2) is 53.7 Å². The van der Waals surface area contributed by atoms with Crippen LogP contribution in [0.4, 0.5) is 0 Å². The summed E-state index contributed by atoms with van der Waals surface area (Å²) in [6.07, 6.45) is 3.24. The van der Waals surface area contributed by atoms with Crippen molar-refractivity contribution in [3.8, 4) is 11.5 Å². The smallest absolute Gasteiger partial charge is 0.237 e. The first-order chi connectivity index (χ1) is 14.5. The monoisotopic (exact) mass is 452 g/mol. The molecule has 0 amide bonds. The van der Waals surface area contributed by atoms with Crippen molar-refractivity contribution in [2.45, 2.75) is 70.0 Å². The maximum absolute atomic E-state index is 13.3. The lowest BCUT2D eigenvalue weighted by molar-refractivity contribution is 0.588. The van der Waals surface area contributed by atoms with Crippen molar-refractivity contribution in [1.29, 1.82) is 0 Å². The first kappa shape index (κ1) is 23.3. The van der Waals surface area contributed by atoms with Crippen molar-refractivity contribution in [2.24, 2.45) is 0 Å². The zero-order valence-electron chi connectivity index (χ0n) is 19.5. The molecular formula is C25H32N2O2SSi. The molecule has 0 saturated carbocycles. The molecule has 3 rings (SSSR count). The average Bonchev–Trinajstić information content (AvgIpc) is 3.13. The van der Waals surface area contributed by atoms with Gasteiger partial charge >= 0.3 is 0 Å². The molecular weight excluding hydrogens is 420 g/mol. The summed E-state index contributed by atoms with van der Waals surface area (Å²) < 4.78 is 27.9. The Morgan fingerprint density at radius 1 is 0.935 bits per heavy atom. The molecule has 0 bridgehead atoms. The second kappa shape index (κ2) is 8.64. The zero-order valence-corrected chi connectivity index (χ0v) is 21.3. The van der Waals surface area contributed by atoms with E-state index >= 15 is 0 Å². The highest BCUT2D eigenvalue weighted by Gasteiger charge is 2.41. The van der Waals surface area contributed by atoms with Crippen molar-refractivity contribution in [1.82, 2.24) is 8.96 Å². The van der Waals surface area contributed by atoms with E-state index in [-0.39, 0.29) is 4.90 Å². The second-order valence-corrected chi connectivity index (χ2v) is 16.5. The van der Waals surface area contributed by atoms with Gasteiger partial charge in [0.15, 0.2) is 5.65 Å². The molecule has 0 radical (unpaired) electrons. The fourth-order valence-corrected chi connectivity index (χ4v) is 11.6. The van der Waals surface area contributed by atoms with Gasteiger partial charge < -0.3 is 0 Å². The van der Waals surface area contributed by atoms with E-state index in [1.54, 1.807) is 37.5 Å². The number of fused-ring (bicyclic) bond motifs is 1. The molecule has 0 N–H and O–H groups in total. The summed E-state index contributed by atoms with van der Waals surface area (Å²) in [4.78, 5) is 4.69. The van der Waals surface area contributed by atoms with Crippen LogP contribution >= 0.6 is 0 Å². The molecule has 31 heavy (non-hydrogen) atoms. The van der Waals surface area contributed by atoms with E-state index in [1.165, 1.54) is 3.97 Å². The number of nitrogens with zero attached hydrogens (tertiary/aromatic N) is 2. The molecule has 1 aromatic carbocycles. The van der Waals surface area contributed by atoms with Crippen LogP contribution in [0.3, 0.4) is 0 Å². The third kappa shape index (κ3) is 3.97. The fourth-order valence-electron chi connectivity index (χ4n) is 4.88. The molecule has 4 nitrogen and oxygen atoms in total. The van der Waals surface area contributed by atoms with Crippen LogP contribution < -0.4 is 0 Å². The maximum atomic E-state index is 13.3. The summed E-state index contributed by atoms with van der Waals surface area (Å²) in [5, 5.41) is 0.770. The largest absolute Gasteiger partial charge is 0.269 e. The van der Waals surface area contributed by atoms with E-state index in [4.69, 9.17) is 0 Å². The molecule has 3 aromatic rings. The molecule has 0 spiro atoms. The Kier molecular flexibility index (Phi) is 6.50. The van der Waals surface area contributed by atoms with Gasteiger partial charge in [0.05, 0.1) is 4.90 Å². The van der Waals surface area contributed by atoms with Gasteiger partial charge in [-0.15, -0.1) is 5.54 Å². The molecule has 6 heteroatoms. The number of hydrogen-bond acceptors (Lipinski definition) is 3. The summed E-state index contributed by atoms with van der Waals surface area (Å²) in [6, 6.07) is 10.7. The van der Waals surface area contributed by atoms with Crippen LogP contribution in [0.25, 0.3) is 11.0 Å². The molecule has 0 atom stereocenters. The molecule has 0 aliphatic carbocycles. The van der Waals surface area contributed by atoms with Gasteiger partial charge in [-0.25, -0.2) is 17.4 Å². The number of hydrogen-bond donors (Lipinski definition) is 0. The van der Waals surface area contributed by atoms with Crippen LogP contribution in [0.5, 0.6) is 0 Å². The summed E-state index contributed by atoms with van der Waals surface area (Å²) in [6.45, 7) is 15.5. The van der Waals surface area contributed by atoms with E-state index < -0.39 is 18.1 Å². The van der Waals surface area contributed by atoms with E-state index in [0.717, 1.165) is 10.9 Å². The van der Waals surface area contributed by atoms with Crippen molar-refractivity contribution in [2.75, 3.05) is 0 Å². The van der Waals surface area contributed by atoms with Crippen molar-refractivity contribution in [3.05, 3.63) is 59.9 Å². The van der Waals surface area contributed by atoms with Gasteiger partial charge in [0.1, 0.15) is 8.07 Å². The van der Waals surface area contributed by atoms with E-state index in [2.05, 4.69) is 58.0 Å². The third-order valence-corrected chi connectivity index (χ3v) is 14.6. The van der Waals surface area contributed by atoms with E-state index in [9.17, 15) is 8.42 Å². The van der Waals surface area contributed by atoms with Crippen LogP contribution in [0, 0.1) is 18.4 Å². The van der Waals surface area contributed by atoms with E-state index in [1.807, 2.05) is 18.2 Å². The minimum Gasteiger partial charge on any atom is -0.237 e. The average molecular weight is 453 g/mol. The van der Waals surface area contributed by atoms with Gasteiger partial charge in [-0.1, -0.05) is 65.7 Å². The third-order valence-electron chi connectivity index (χ3n) is 6.46. The lowest BCUT2D eigenvalue weighted by Crippen LogP contribution is -2.43. The molecule has 0 fully saturated rings. The summed E-state index contributed by atoms with van der Waals surface area (Å²) >= 11 is 0. The normalized spacial score (nSPS) is 12.6. The highest BCUT2D eigenvalue weighted by atomic mass is 32.2. The van der Waals surface area contributed by atoms with Gasteiger partial charge in [-0.3, -0.25) is 0 Å². The topological polar surface area (TPSA) is 52.0 Å². The molecule has 2 heterocycles. The quantitative estimate of drug-likeness (QED) is 0.344. The summed E-state index contributed by atoms with van der Waals surface area (Å²) in [5.41, 5.74) is 7.29.